The molecule has 4 nitrogen and oxygen atoms in total. The molecule has 0 saturated heterocycles. The molecule has 0 atom stereocenters. The molecule has 1 fully saturated rings. The summed E-state index contributed by atoms with van der Waals surface area (Å²) < 4.78 is 7.16. The second kappa shape index (κ2) is 5.65. The highest BCUT2D eigenvalue weighted by atomic mass is 16.5. The maximum atomic E-state index is 5.04. The summed E-state index contributed by atoms with van der Waals surface area (Å²) in [5.41, 5.74) is 0.541. The first kappa shape index (κ1) is 12.6. The summed E-state index contributed by atoms with van der Waals surface area (Å²) in [6, 6.07) is 0. The van der Waals surface area contributed by atoms with Crippen molar-refractivity contribution in [2.75, 3.05) is 26.8 Å². The molecule has 1 N–H and O–H groups in total. The second-order valence-corrected chi connectivity index (χ2v) is 5.12. The molecule has 1 aliphatic carbocycles. The molecule has 0 radical (unpaired) electrons. The second-order valence-electron chi connectivity index (χ2n) is 5.12. The average Bonchev–Trinajstić information content (AvgIpc) is 2.98. The van der Waals surface area contributed by atoms with Crippen LogP contribution in [0.3, 0.4) is 0 Å². The first-order valence-electron chi connectivity index (χ1n) is 6.42. The fourth-order valence-corrected chi connectivity index (χ4v) is 2.23. The van der Waals surface area contributed by atoms with Crippen LogP contribution in [0.15, 0.2) is 12.4 Å². The van der Waals surface area contributed by atoms with Gasteiger partial charge in [0, 0.05) is 46.1 Å². The maximum Gasteiger partial charge on any atom is 0.108 e. The van der Waals surface area contributed by atoms with Gasteiger partial charge >= 0.3 is 0 Å². The topological polar surface area (TPSA) is 39.1 Å². The third-order valence-electron chi connectivity index (χ3n) is 3.74. The zero-order valence-corrected chi connectivity index (χ0v) is 10.9. The molecule has 0 amide bonds. The van der Waals surface area contributed by atoms with Gasteiger partial charge in [-0.3, -0.25) is 0 Å². The van der Waals surface area contributed by atoms with Crippen molar-refractivity contribution in [1.82, 2.24) is 14.9 Å². The zero-order valence-electron chi connectivity index (χ0n) is 10.9. The molecule has 0 spiro atoms. The molecule has 1 aliphatic rings. The van der Waals surface area contributed by atoms with Gasteiger partial charge in [0.25, 0.3) is 0 Å². The summed E-state index contributed by atoms with van der Waals surface area (Å²) in [6.45, 7) is 2.89. The molecular weight excluding hydrogens is 214 g/mol. The quantitative estimate of drug-likeness (QED) is 0.694. The lowest BCUT2D eigenvalue weighted by atomic mass is 10.00. The number of imidazole rings is 1. The highest BCUT2D eigenvalue weighted by Crippen LogP contribution is 2.48. The van der Waals surface area contributed by atoms with Crippen molar-refractivity contribution < 1.29 is 4.74 Å². The lowest BCUT2D eigenvalue weighted by Crippen LogP contribution is -2.27. The highest BCUT2D eigenvalue weighted by molar-refractivity contribution is 4.99. The van der Waals surface area contributed by atoms with Crippen LogP contribution in [0, 0.1) is 5.41 Å². The van der Waals surface area contributed by atoms with Crippen molar-refractivity contribution in [2.45, 2.75) is 25.7 Å². The standard InChI is InChI=1S/C13H23N3O/c1-16-9-7-15-12(16)3-4-13(5-6-13)11-14-8-10-17-2/h7,9,14H,3-6,8,10-11H2,1-2H3. The Balaban J connectivity index is 1.69. The minimum Gasteiger partial charge on any atom is -0.383 e. The van der Waals surface area contributed by atoms with Gasteiger partial charge < -0.3 is 14.6 Å². The molecular formula is C13H23N3O. The van der Waals surface area contributed by atoms with Crippen LogP contribution in [0.1, 0.15) is 25.1 Å². The van der Waals surface area contributed by atoms with Crippen molar-refractivity contribution in [3.8, 4) is 0 Å². The Morgan fingerprint density at radius 3 is 2.94 bits per heavy atom. The van der Waals surface area contributed by atoms with E-state index in [2.05, 4.69) is 21.9 Å². The molecule has 0 aromatic carbocycles. The Bertz CT molecular complexity index is 344. The molecule has 0 bridgehead atoms. The van der Waals surface area contributed by atoms with Gasteiger partial charge in [-0.05, 0) is 24.7 Å². The van der Waals surface area contributed by atoms with Crippen molar-refractivity contribution >= 4 is 0 Å². The van der Waals surface area contributed by atoms with Gasteiger partial charge in [0.2, 0.25) is 0 Å². The lowest BCUT2D eigenvalue weighted by Gasteiger charge is -2.15. The van der Waals surface area contributed by atoms with E-state index < -0.39 is 0 Å². The number of nitrogens with one attached hydrogen (secondary N) is 1. The van der Waals surface area contributed by atoms with Gasteiger partial charge in [0.1, 0.15) is 5.82 Å². The Labute approximate surface area is 103 Å². The fraction of sp³-hybridized carbons (Fsp3) is 0.769. The maximum absolute atomic E-state index is 5.04. The molecule has 2 rings (SSSR count). The predicted octanol–water partition coefficient (Wildman–Crippen LogP) is 1.37. The first-order valence-corrected chi connectivity index (χ1v) is 6.42. The number of ether oxygens (including phenoxy) is 1. The van der Waals surface area contributed by atoms with Crippen molar-refractivity contribution in [3.05, 3.63) is 18.2 Å². The number of nitrogens with zero attached hydrogens (tertiary/aromatic N) is 2. The van der Waals surface area contributed by atoms with E-state index >= 15 is 0 Å². The van der Waals surface area contributed by atoms with Gasteiger partial charge in [0.15, 0.2) is 0 Å². The summed E-state index contributed by atoms with van der Waals surface area (Å²) in [4.78, 5) is 4.38. The molecule has 4 heteroatoms. The summed E-state index contributed by atoms with van der Waals surface area (Å²) in [7, 11) is 3.81. The molecule has 96 valence electrons. The van der Waals surface area contributed by atoms with Crippen LogP contribution < -0.4 is 5.32 Å². The van der Waals surface area contributed by atoms with Gasteiger partial charge in [0.05, 0.1) is 6.61 Å². The predicted molar refractivity (Wildman–Crippen MR) is 67.9 cm³/mol. The molecule has 17 heavy (non-hydrogen) atoms. The van der Waals surface area contributed by atoms with Gasteiger partial charge in [-0.2, -0.15) is 0 Å². The minimum atomic E-state index is 0.541. The van der Waals surface area contributed by atoms with Crippen LogP contribution in [0.2, 0.25) is 0 Å². The minimum absolute atomic E-state index is 0.541. The summed E-state index contributed by atoms with van der Waals surface area (Å²) in [6.07, 6.45) is 8.96. The number of hydrogen-bond acceptors (Lipinski definition) is 3. The first-order chi connectivity index (χ1) is 8.26. The molecule has 1 saturated carbocycles. The average molecular weight is 237 g/mol. The molecule has 1 aromatic rings. The monoisotopic (exact) mass is 237 g/mol. The third-order valence-corrected chi connectivity index (χ3v) is 3.74. The Hall–Kier alpha value is -0.870. The number of hydrogen-bond donors (Lipinski definition) is 1. The van der Waals surface area contributed by atoms with E-state index in [1.807, 2.05) is 12.4 Å². The Kier molecular flexibility index (Phi) is 4.18. The number of rotatable bonds is 8. The van der Waals surface area contributed by atoms with E-state index in [1.54, 1.807) is 7.11 Å². The number of aryl methyl sites for hydroxylation is 2. The molecule has 0 aliphatic heterocycles. The van der Waals surface area contributed by atoms with Gasteiger partial charge in [-0.25, -0.2) is 4.98 Å². The van der Waals surface area contributed by atoms with E-state index in [0.29, 0.717) is 5.41 Å². The molecule has 1 aromatic heterocycles. The summed E-state index contributed by atoms with van der Waals surface area (Å²) in [5, 5.41) is 3.48. The fourth-order valence-electron chi connectivity index (χ4n) is 2.23. The summed E-state index contributed by atoms with van der Waals surface area (Å²) >= 11 is 0. The molecule has 0 unspecified atom stereocenters. The van der Waals surface area contributed by atoms with E-state index in [4.69, 9.17) is 4.74 Å². The zero-order chi connectivity index (χ0) is 12.1. The van der Waals surface area contributed by atoms with E-state index in [9.17, 15) is 0 Å². The highest BCUT2D eigenvalue weighted by Gasteiger charge is 2.41. The lowest BCUT2D eigenvalue weighted by molar-refractivity contribution is 0.196. The largest absolute Gasteiger partial charge is 0.383 e. The third kappa shape index (κ3) is 3.54. The van der Waals surface area contributed by atoms with Crippen LogP contribution >= 0.6 is 0 Å². The Morgan fingerprint density at radius 1 is 1.53 bits per heavy atom. The van der Waals surface area contributed by atoms with Crippen LogP contribution in [0.5, 0.6) is 0 Å². The van der Waals surface area contributed by atoms with Gasteiger partial charge in [-0.15, -0.1) is 0 Å². The SMILES string of the molecule is COCCNCC1(CCc2nccn2C)CC1. The normalized spacial score (nSPS) is 17.3. The van der Waals surface area contributed by atoms with Crippen LogP contribution in [0.4, 0.5) is 0 Å². The van der Waals surface area contributed by atoms with Crippen LogP contribution in [0.25, 0.3) is 0 Å². The Morgan fingerprint density at radius 2 is 2.35 bits per heavy atom. The number of methoxy groups -OCH3 is 1. The van der Waals surface area contributed by atoms with E-state index in [1.165, 1.54) is 25.1 Å². The summed E-state index contributed by atoms with van der Waals surface area (Å²) in [5.74, 6) is 1.20. The van der Waals surface area contributed by atoms with Crippen LogP contribution in [-0.2, 0) is 18.2 Å². The smallest absolute Gasteiger partial charge is 0.108 e. The van der Waals surface area contributed by atoms with Crippen molar-refractivity contribution in [1.29, 1.82) is 0 Å². The van der Waals surface area contributed by atoms with Gasteiger partial charge in [-0.1, -0.05) is 0 Å². The van der Waals surface area contributed by atoms with Crippen molar-refractivity contribution in [2.24, 2.45) is 12.5 Å². The van der Waals surface area contributed by atoms with E-state index in [-0.39, 0.29) is 0 Å². The van der Waals surface area contributed by atoms with Crippen molar-refractivity contribution in [3.63, 3.8) is 0 Å². The molecule has 1 heterocycles. The number of aromatic nitrogens is 2. The van der Waals surface area contributed by atoms with E-state index in [0.717, 1.165) is 26.1 Å². The van der Waals surface area contributed by atoms with Crippen LogP contribution in [-0.4, -0.2) is 36.4 Å².